The molecule has 8 nitrogen and oxygen atoms in total. The van der Waals surface area contributed by atoms with Gasteiger partial charge in [0.15, 0.2) is 0 Å². The Bertz CT molecular complexity index is 783. The van der Waals surface area contributed by atoms with Gasteiger partial charge in [0.05, 0.1) is 24.5 Å². The van der Waals surface area contributed by atoms with Crippen LogP contribution in [0.1, 0.15) is 32.3 Å². The molecule has 162 valence electrons. The van der Waals surface area contributed by atoms with Crippen molar-refractivity contribution in [3.05, 3.63) is 29.8 Å². The zero-order valence-electron chi connectivity index (χ0n) is 17.4. The number of piperidine rings is 1. The summed E-state index contributed by atoms with van der Waals surface area (Å²) in [5.41, 5.74) is 0.834. The second-order valence-electron chi connectivity index (χ2n) is 7.08. The monoisotopic (exact) mass is 425 g/mol. The number of methoxy groups -OCH3 is 1. The molecule has 0 spiro atoms. The first-order valence-electron chi connectivity index (χ1n) is 9.97. The minimum Gasteiger partial charge on any atom is -0.469 e. The molecule has 0 atom stereocenters. The number of hydrogen-bond donors (Lipinski definition) is 1. The maximum Gasteiger partial charge on any atom is 0.308 e. The minimum absolute atomic E-state index is 0.0783. The van der Waals surface area contributed by atoms with Crippen LogP contribution in [-0.4, -0.2) is 69.3 Å². The number of nitrogens with zero attached hydrogens (tertiary/aromatic N) is 2. The predicted molar refractivity (Wildman–Crippen MR) is 110 cm³/mol. The number of carbonyl (C=O) groups is 2. The van der Waals surface area contributed by atoms with Gasteiger partial charge in [-0.3, -0.25) is 14.5 Å². The molecular formula is C20H31N3O5S. The fourth-order valence-corrected chi connectivity index (χ4v) is 4.90. The third kappa shape index (κ3) is 6.25. The van der Waals surface area contributed by atoms with Crippen molar-refractivity contribution in [2.45, 2.75) is 38.1 Å². The highest BCUT2D eigenvalue weighted by Gasteiger charge is 2.26. The lowest BCUT2D eigenvalue weighted by Gasteiger charge is -2.29. The molecule has 1 N–H and O–H groups in total. The topological polar surface area (TPSA) is 96.0 Å². The molecule has 1 aromatic rings. The highest BCUT2D eigenvalue weighted by Crippen LogP contribution is 2.18. The predicted octanol–water partition coefficient (Wildman–Crippen LogP) is 1.22. The number of likely N-dealkylation sites (tertiary alicyclic amines) is 1. The molecule has 1 aliphatic rings. The Morgan fingerprint density at radius 3 is 2.24 bits per heavy atom. The molecule has 29 heavy (non-hydrogen) atoms. The summed E-state index contributed by atoms with van der Waals surface area (Å²) in [5, 5.41) is 2.86. The van der Waals surface area contributed by atoms with Gasteiger partial charge < -0.3 is 10.1 Å². The van der Waals surface area contributed by atoms with E-state index in [-0.39, 0.29) is 29.2 Å². The van der Waals surface area contributed by atoms with Gasteiger partial charge in [0.1, 0.15) is 0 Å². The molecule has 0 unspecified atom stereocenters. The highest BCUT2D eigenvalue weighted by molar-refractivity contribution is 7.89. The van der Waals surface area contributed by atoms with Crippen molar-refractivity contribution in [3.8, 4) is 0 Å². The number of rotatable bonds is 9. The third-order valence-electron chi connectivity index (χ3n) is 5.25. The first kappa shape index (κ1) is 23.3. The molecule has 9 heteroatoms. The van der Waals surface area contributed by atoms with Gasteiger partial charge in [-0.05, 0) is 43.6 Å². The van der Waals surface area contributed by atoms with Gasteiger partial charge in [-0.1, -0.05) is 26.0 Å². The van der Waals surface area contributed by atoms with E-state index in [9.17, 15) is 18.0 Å². The molecule has 1 amide bonds. The average molecular weight is 426 g/mol. The van der Waals surface area contributed by atoms with Crippen LogP contribution >= 0.6 is 0 Å². The number of amides is 1. The van der Waals surface area contributed by atoms with Gasteiger partial charge in [-0.15, -0.1) is 0 Å². The van der Waals surface area contributed by atoms with Crippen LogP contribution in [0.2, 0.25) is 0 Å². The van der Waals surface area contributed by atoms with Gasteiger partial charge in [0, 0.05) is 19.6 Å². The smallest absolute Gasteiger partial charge is 0.308 e. The lowest BCUT2D eigenvalue weighted by atomic mass is 9.97. The standard InChI is InChI=1S/C20H31N3O5S/c1-4-23(5-2)29(26,27)18-8-6-16(7-9-18)14-21-19(24)15-22-12-10-17(11-13-22)20(25)28-3/h6-9,17H,4-5,10-15H2,1-3H3,(H,21,24). The SMILES string of the molecule is CCN(CC)S(=O)(=O)c1ccc(CNC(=O)CN2CCC(C(=O)OC)CC2)cc1. The van der Waals surface area contributed by atoms with Gasteiger partial charge in [0.25, 0.3) is 0 Å². The number of carbonyl (C=O) groups excluding carboxylic acids is 2. The van der Waals surface area contributed by atoms with Crippen LogP contribution in [0.15, 0.2) is 29.2 Å². The van der Waals surface area contributed by atoms with E-state index in [4.69, 9.17) is 4.74 Å². The molecular weight excluding hydrogens is 394 g/mol. The summed E-state index contributed by atoms with van der Waals surface area (Å²) in [7, 11) is -2.08. The number of benzene rings is 1. The lowest BCUT2D eigenvalue weighted by molar-refractivity contribution is -0.147. The maximum atomic E-state index is 12.5. The number of hydrogen-bond acceptors (Lipinski definition) is 6. The summed E-state index contributed by atoms with van der Waals surface area (Å²) in [6, 6.07) is 6.59. The largest absolute Gasteiger partial charge is 0.469 e. The molecule has 1 heterocycles. The number of nitrogens with one attached hydrogen (secondary N) is 1. The normalized spacial score (nSPS) is 16.0. The summed E-state index contributed by atoms with van der Waals surface area (Å²) in [4.78, 5) is 26.0. The minimum atomic E-state index is -3.47. The summed E-state index contributed by atoms with van der Waals surface area (Å²) < 4.78 is 31.2. The Morgan fingerprint density at radius 2 is 1.72 bits per heavy atom. The van der Waals surface area contributed by atoms with E-state index in [2.05, 4.69) is 5.32 Å². The molecule has 1 aliphatic heterocycles. The van der Waals surface area contributed by atoms with E-state index >= 15 is 0 Å². The van der Waals surface area contributed by atoms with E-state index < -0.39 is 10.0 Å². The number of esters is 1. The molecule has 0 radical (unpaired) electrons. The van der Waals surface area contributed by atoms with Crippen LogP contribution in [0.3, 0.4) is 0 Å². The second-order valence-corrected chi connectivity index (χ2v) is 9.02. The molecule has 0 bridgehead atoms. The molecule has 1 saturated heterocycles. The Hall–Kier alpha value is -1.97. The van der Waals surface area contributed by atoms with Crippen LogP contribution in [0.4, 0.5) is 0 Å². The van der Waals surface area contributed by atoms with Crippen LogP contribution in [0.5, 0.6) is 0 Å². The van der Waals surface area contributed by atoms with E-state index in [1.165, 1.54) is 11.4 Å². The van der Waals surface area contributed by atoms with E-state index in [1.807, 2.05) is 18.7 Å². The Balaban J connectivity index is 1.81. The van der Waals surface area contributed by atoms with Crippen LogP contribution in [0, 0.1) is 5.92 Å². The zero-order chi connectivity index (χ0) is 21.4. The quantitative estimate of drug-likeness (QED) is 0.598. The van der Waals surface area contributed by atoms with Gasteiger partial charge in [0.2, 0.25) is 15.9 Å². The molecule has 0 aromatic heterocycles. The van der Waals surface area contributed by atoms with Gasteiger partial charge >= 0.3 is 5.97 Å². The maximum absolute atomic E-state index is 12.5. The van der Waals surface area contributed by atoms with Crippen molar-refractivity contribution in [1.29, 1.82) is 0 Å². The number of sulfonamides is 1. The zero-order valence-corrected chi connectivity index (χ0v) is 18.2. The highest BCUT2D eigenvalue weighted by atomic mass is 32.2. The van der Waals surface area contributed by atoms with Crippen molar-refractivity contribution in [3.63, 3.8) is 0 Å². The Kier molecular flexibility index (Phi) is 8.60. The fraction of sp³-hybridized carbons (Fsp3) is 0.600. The van der Waals surface area contributed by atoms with Crippen LogP contribution < -0.4 is 5.32 Å². The molecule has 1 aromatic carbocycles. The first-order chi connectivity index (χ1) is 13.8. The summed E-state index contributed by atoms with van der Waals surface area (Å²) in [5.74, 6) is -0.354. The molecule has 2 rings (SSSR count). The molecule has 0 saturated carbocycles. The van der Waals surface area contributed by atoms with Crippen molar-refractivity contribution < 1.29 is 22.7 Å². The first-order valence-corrected chi connectivity index (χ1v) is 11.4. The van der Waals surface area contributed by atoms with Crippen LogP contribution in [0.25, 0.3) is 0 Å². The molecule has 0 aliphatic carbocycles. The third-order valence-corrected chi connectivity index (χ3v) is 7.31. The summed E-state index contributed by atoms with van der Waals surface area (Å²) in [6.07, 6.45) is 1.39. The van der Waals surface area contributed by atoms with Crippen molar-refractivity contribution >= 4 is 21.9 Å². The van der Waals surface area contributed by atoms with Gasteiger partial charge in [-0.25, -0.2) is 8.42 Å². The summed E-state index contributed by atoms with van der Waals surface area (Å²) >= 11 is 0. The van der Waals surface area contributed by atoms with Gasteiger partial charge in [-0.2, -0.15) is 4.31 Å². The van der Waals surface area contributed by atoms with Crippen molar-refractivity contribution in [2.75, 3.05) is 39.8 Å². The number of ether oxygens (including phenoxy) is 1. The Morgan fingerprint density at radius 1 is 1.14 bits per heavy atom. The van der Waals surface area contributed by atoms with Crippen LogP contribution in [-0.2, 0) is 30.9 Å². The van der Waals surface area contributed by atoms with E-state index in [1.54, 1.807) is 24.3 Å². The van der Waals surface area contributed by atoms with E-state index in [0.29, 0.717) is 45.6 Å². The Labute approximate surface area is 173 Å². The van der Waals surface area contributed by atoms with Crippen molar-refractivity contribution in [1.82, 2.24) is 14.5 Å². The molecule has 1 fully saturated rings. The summed E-state index contributed by atoms with van der Waals surface area (Å²) in [6.45, 7) is 6.45. The average Bonchev–Trinajstić information content (AvgIpc) is 2.73. The lowest BCUT2D eigenvalue weighted by Crippen LogP contribution is -2.42. The second kappa shape index (κ2) is 10.7. The van der Waals surface area contributed by atoms with E-state index in [0.717, 1.165) is 5.56 Å². The fourth-order valence-electron chi connectivity index (χ4n) is 3.44. The van der Waals surface area contributed by atoms with Crippen molar-refractivity contribution in [2.24, 2.45) is 5.92 Å².